The van der Waals surface area contributed by atoms with Crippen molar-refractivity contribution in [1.29, 1.82) is 0 Å². The van der Waals surface area contributed by atoms with Crippen LogP contribution in [0, 0.1) is 0 Å². The number of hydrogen-bond acceptors (Lipinski definition) is 4. The van der Waals surface area contributed by atoms with Crippen molar-refractivity contribution in [3.8, 4) is 0 Å². The van der Waals surface area contributed by atoms with Gasteiger partial charge in [0.05, 0.1) is 18.2 Å². The molecule has 0 spiro atoms. The summed E-state index contributed by atoms with van der Waals surface area (Å²) in [5.74, 6) is -0.329. The number of aliphatic hydroxyl groups excluding tert-OH is 1. The van der Waals surface area contributed by atoms with E-state index in [1.54, 1.807) is 6.92 Å². The number of amides is 1. The van der Waals surface area contributed by atoms with Gasteiger partial charge in [0.1, 0.15) is 0 Å². The van der Waals surface area contributed by atoms with Crippen LogP contribution in [0.4, 0.5) is 18.9 Å². The number of benzene rings is 1. The largest absolute Gasteiger partial charge is 0.416 e. The Bertz CT molecular complexity index is 558. The Morgan fingerprint density at radius 3 is 2.54 bits per heavy atom. The molecule has 1 aliphatic rings. The van der Waals surface area contributed by atoms with Crippen molar-refractivity contribution in [3.63, 3.8) is 0 Å². The van der Waals surface area contributed by atoms with Crippen LogP contribution in [-0.4, -0.2) is 66.2 Å². The van der Waals surface area contributed by atoms with E-state index in [-0.39, 0.29) is 18.2 Å². The van der Waals surface area contributed by atoms with Gasteiger partial charge in [-0.3, -0.25) is 14.6 Å². The molecular formula is C16H22F3N3O2. The zero-order valence-corrected chi connectivity index (χ0v) is 13.5. The molecule has 2 rings (SSSR count). The van der Waals surface area contributed by atoms with Crippen LogP contribution >= 0.6 is 0 Å². The second-order valence-corrected chi connectivity index (χ2v) is 5.85. The lowest BCUT2D eigenvalue weighted by Crippen LogP contribution is -2.53. The first-order chi connectivity index (χ1) is 11.3. The van der Waals surface area contributed by atoms with Gasteiger partial charge in [-0.1, -0.05) is 6.07 Å². The molecule has 8 heteroatoms. The van der Waals surface area contributed by atoms with Crippen molar-refractivity contribution in [1.82, 2.24) is 9.80 Å². The Balaban J connectivity index is 1.93. The summed E-state index contributed by atoms with van der Waals surface area (Å²) in [5.41, 5.74) is -0.647. The first kappa shape index (κ1) is 18.7. The Labute approximate surface area is 139 Å². The number of carbonyl (C=O) groups is 1. The third kappa shape index (κ3) is 4.93. The molecule has 0 saturated carbocycles. The number of piperazine rings is 1. The number of carbonyl (C=O) groups excluding carboxylic acids is 1. The van der Waals surface area contributed by atoms with E-state index >= 15 is 0 Å². The third-order valence-corrected chi connectivity index (χ3v) is 4.21. The molecule has 1 aliphatic heterocycles. The van der Waals surface area contributed by atoms with Crippen molar-refractivity contribution >= 4 is 11.6 Å². The number of nitrogens with one attached hydrogen (secondary N) is 1. The van der Waals surface area contributed by atoms with Gasteiger partial charge in [0.25, 0.3) is 0 Å². The molecule has 0 aromatic heterocycles. The van der Waals surface area contributed by atoms with E-state index in [1.165, 1.54) is 12.1 Å². The summed E-state index contributed by atoms with van der Waals surface area (Å²) >= 11 is 0. The molecule has 134 valence electrons. The molecule has 1 atom stereocenters. The van der Waals surface area contributed by atoms with Gasteiger partial charge < -0.3 is 10.4 Å². The van der Waals surface area contributed by atoms with Gasteiger partial charge in [0.2, 0.25) is 5.91 Å². The van der Waals surface area contributed by atoms with Crippen LogP contribution in [-0.2, 0) is 11.0 Å². The van der Waals surface area contributed by atoms with Crippen molar-refractivity contribution < 1.29 is 23.1 Å². The summed E-state index contributed by atoms with van der Waals surface area (Å²) in [5, 5.41) is 11.5. The smallest absolute Gasteiger partial charge is 0.395 e. The SMILES string of the molecule is CC(C(=O)Nc1cccc(C(F)(F)F)c1)N1CCN(CCO)CC1. The summed E-state index contributed by atoms with van der Waals surface area (Å²) < 4.78 is 38.1. The number of hydrogen-bond donors (Lipinski definition) is 2. The second-order valence-electron chi connectivity index (χ2n) is 5.85. The van der Waals surface area contributed by atoms with Crippen LogP contribution in [0.3, 0.4) is 0 Å². The number of β-amino-alcohol motifs (C(OH)–C–C–N with tert-alkyl or cyclic N) is 1. The van der Waals surface area contributed by atoms with Crippen molar-refractivity contribution in [2.75, 3.05) is 44.6 Å². The number of halogens is 3. The van der Waals surface area contributed by atoms with E-state index in [0.717, 1.165) is 25.2 Å². The van der Waals surface area contributed by atoms with E-state index in [1.807, 2.05) is 4.90 Å². The number of anilines is 1. The summed E-state index contributed by atoms with van der Waals surface area (Å²) in [6, 6.07) is 4.19. The van der Waals surface area contributed by atoms with Gasteiger partial charge >= 0.3 is 6.18 Å². The topological polar surface area (TPSA) is 55.8 Å². The molecule has 0 aliphatic carbocycles. The fourth-order valence-corrected chi connectivity index (χ4v) is 2.70. The van der Waals surface area contributed by atoms with E-state index in [0.29, 0.717) is 19.6 Å². The minimum Gasteiger partial charge on any atom is -0.395 e. The summed E-state index contributed by atoms with van der Waals surface area (Å²) in [6.45, 7) is 5.31. The minimum absolute atomic E-state index is 0.103. The molecule has 1 amide bonds. The van der Waals surface area contributed by atoms with Gasteiger partial charge in [-0.25, -0.2) is 0 Å². The van der Waals surface area contributed by atoms with E-state index in [9.17, 15) is 18.0 Å². The molecular weight excluding hydrogens is 323 g/mol. The summed E-state index contributed by atoms with van der Waals surface area (Å²) in [7, 11) is 0. The van der Waals surface area contributed by atoms with Gasteiger partial charge in [-0.05, 0) is 25.1 Å². The Kier molecular flexibility index (Phi) is 6.20. The van der Waals surface area contributed by atoms with Crippen LogP contribution in [0.1, 0.15) is 12.5 Å². The van der Waals surface area contributed by atoms with Crippen LogP contribution in [0.5, 0.6) is 0 Å². The van der Waals surface area contributed by atoms with E-state index in [4.69, 9.17) is 5.11 Å². The fourth-order valence-electron chi connectivity index (χ4n) is 2.70. The van der Waals surface area contributed by atoms with Crippen LogP contribution in [0.25, 0.3) is 0 Å². The maximum Gasteiger partial charge on any atom is 0.416 e. The predicted molar refractivity (Wildman–Crippen MR) is 84.6 cm³/mol. The minimum atomic E-state index is -4.44. The molecule has 5 nitrogen and oxygen atoms in total. The number of alkyl halides is 3. The lowest BCUT2D eigenvalue weighted by atomic mass is 10.1. The van der Waals surface area contributed by atoms with Crippen molar-refractivity contribution in [2.24, 2.45) is 0 Å². The third-order valence-electron chi connectivity index (χ3n) is 4.21. The highest BCUT2D eigenvalue weighted by Crippen LogP contribution is 2.30. The number of aliphatic hydroxyl groups is 1. The normalized spacial score (nSPS) is 18.4. The highest BCUT2D eigenvalue weighted by Gasteiger charge is 2.31. The Hall–Kier alpha value is -1.64. The van der Waals surface area contributed by atoms with Crippen LogP contribution in [0.2, 0.25) is 0 Å². The zero-order valence-electron chi connectivity index (χ0n) is 13.5. The molecule has 1 aromatic rings. The van der Waals surface area contributed by atoms with Gasteiger partial charge in [-0.15, -0.1) is 0 Å². The highest BCUT2D eigenvalue weighted by atomic mass is 19.4. The molecule has 1 aromatic carbocycles. The molecule has 1 saturated heterocycles. The van der Waals surface area contributed by atoms with Crippen LogP contribution < -0.4 is 5.32 Å². The monoisotopic (exact) mass is 345 g/mol. The van der Waals surface area contributed by atoms with Gasteiger partial charge in [0.15, 0.2) is 0 Å². The van der Waals surface area contributed by atoms with Crippen molar-refractivity contribution in [3.05, 3.63) is 29.8 Å². The first-order valence-electron chi connectivity index (χ1n) is 7.86. The molecule has 24 heavy (non-hydrogen) atoms. The average molecular weight is 345 g/mol. The van der Waals surface area contributed by atoms with Crippen molar-refractivity contribution in [2.45, 2.75) is 19.1 Å². The lowest BCUT2D eigenvalue weighted by molar-refractivity contribution is -0.137. The first-order valence-corrected chi connectivity index (χ1v) is 7.86. The molecule has 2 N–H and O–H groups in total. The number of nitrogens with zero attached hydrogens (tertiary/aromatic N) is 2. The molecule has 1 fully saturated rings. The number of rotatable bonds is 5. The van der Waals surface area contributed by atoms with Gasteiger partial charge in [0, 0.05) is 38.4 Å². The highest BCUT2D eigenvalue weighted by molar-refractivity contribution is 5.94. The zero-order chi connectivity index (χ0) is 17.7. The summed E-state index contributed by atoms with van der Waals surface area (Å²) in [6.07, 6.45) is -4.44. The maximum absolute atomic E-state index is 12.7. The molecule has 1 unspecified atom stereocenters. The summed E-state index contributed by atoms with van der Waals surface area (Å²) in [4.78, 5) is 16.4. The molecule has 0 bridgehead atoms. The molecule has 1 heterocycles. The van der Waals surface area contributed by atoms with Crippen LogP contribution in [0.15, 0.2) is 24.3 Å². The van der Waals surface area contributed by atoms with E-state index < -0.39 is 17.8 Å². The fraction of sp³-hybridized carbons (Fsp3) is 0.562. The second kappa shape index (κ2) is 7.96. The van der Waals surface area contributed by atoms with E-state index in [2.05, 4.69) is 10.2 Å². The maximum atomic E-state index is 12.7. The lowest BCUT2D eigenvalue weighted by Gasteiger charge is -2.37. The quantitative estimate of drug-likeness (QED) is 0.852. The van der Waals surface area contributed by atoms with Gasteiger partial charge in [-0.2, -0.15) is 13.2 Å². The predicted octanol–water partition coefficient (Wildman–Crippen LogP) is 1.64. The Morgan fingerprint density at radius 1 is 1.29 bits per heavy atom. The standard InChI is InChI=1S/C16H22F3N3O2/c1-12(22-7-5-21(6-8-22)9-10-23)15(24)20-14-4-2-3-13(11-14)16(17,18)19/h2-4,11-12,23H,5-10H2,1H3,(H,20,24). The average Bonchev–Trinajstić information content (AvgIpc) is 2.54. The Morgan fingerprint density at radius 2 is 1.96 bits per heavy atom. The molecule has 0 radical (unpaired) electrons.